The molecule has 9 nitrogen and oxygen atoms in total. The Balaban J connectivity index is 1.17. The van der Waals surface area contributed by atoms with Crippen LogP contribution in [0.1, 0.15) is 22.8 Å². The summed E-state index contributed by atoms with van der Waals surface area (Å²) in [6, 6.07) is 25.2. The molecule has 5 rings (SSSR count). The van der Waals surface area contributed by atoms with E-state index in [0.29, 0.717) is 49.4 Å². The highest BCUT2D eigenvalue weighted by molar-refractivity contribution is 9.10. The minimum Gasteiger partial charge on any atom is -0.490 e. The number of thiazole rings is 1. The lowest BCUT2D eigenvalue weighted by molar-refractivity contribution is -0.118. The van der Waals surface area contributed by atoms with Gasteiger partial charge in [0.05, 0.1) is 33.0 Å². The molecule has 1 aromatic heterocycles. The third-order valence-corrected chi connectivity index (χ3v) is 8.32. The van der Waals surface area contributed by atoms with E-state index in [1.807, 2.05) is 54.8 Å². The molecule has 3 N–H and O–H groups in total. The second-order valence-electron chi connectivity index (χ2n) is 9.53. The molecule has 0 bridgehead atoms. The number of hydrogen-bond acceptors (Lipinski definition) is 8. The molecule has 0 radical (unpaired) electrons. The topological polar surface area (TPSA) is 114 Å². The second kappa shape index (κ2) is 15.7. The monoisotopic (exact) mass is 737 g/mol. The number of nitrogens with zero attached hydrogens (tertiary/aromatic N) is 2. The third-order valence-electron chi connectivity index (χ3n) is 6.23. The molecule has 2 amide bonds. The van der Waals surface area contributed by atoms with Crippen molar-refractivity contribution in [2.45, 2.75) is 6.92 Å². The van der Waals surface area contributed by atoms with Crippen LogP contribution in [0, 0.1) is 0 Å². The molecule has 0 spiro atoms. The molecule has 234 valence electrons. The average molecular weight is 739 g/mol. The Hall–Kier alpha value is -4.42. The van der Waals surface area contributed by atoms with E-state index in [2.05, 4.69) is 42.1 Å². The van der Waals surface area contributed by atoms with Crippen molar-refractivity contribution in [2.24, 2.45) is 5.10 Å². The Labute approximate surface area is 287 Å². The fraction of sp³-hybridized carbons (Fsp3) is 0.0909. The molecule has 0 aliphatic carbocycles. The van der Waals surface area contributed by atoms with Crippen LogP contribution < -0.4 is 25.5 Å². The molecule has 5 aromatic rings. The number of halogens is 3. The zero-order chi connectivity index (χ0) is 32.5. The van der Waals surface area contributed by atoms with Gasteiger partial charge in [0.15, 0.2) is 23.2 Å². The minimum atomic E-state index is -0.398. The quantitative estimate of drug-likeness (QED) is 0.0871. The summed E-state index contributed by atoms with van der Waals surface area (Å²) in [7, 11) is 0. The fourth-order valence-corrected chi connectivity index (χ4v) is 5.72. The number of nitrogens with one attached hydrogen (secondary N) is 3. The van der Waals surface area contributed by atoms with Gasteiger partial charge >= 0.3 is 0 Å². The van der Waals surface area contributed by atoms with E-state index >= 15 is 0 Å². The van der Waals surface area contributed by atoms with Gasteiger partial charge in [-0.15, -0.1) is 11.3 Å². The molecule has 13 heteroatoms. The van der Waals surface area contributed by atoms with Crippen LogP contribution in [0.5, 0.6) is 11.5 Å². The number of hydrogen-bond donors (Lipinski definition) is 3. The standard InChI is InChI=1S/C33H26BrCl2N5O4S/c1-2-44-29-15-20(14-25(34)31(29)45-18-30(42)38-24-12-13-26(35)27(36)16-24)17-37-41-32(43)22-10-8-21(9-11-22)28-19-46-33(40-28)39-23-6-4-3-5-7-23/h3-17,19H,2,18H2,1H3,(H,38,42)(H,39,40)(H,41,43)/b37-17+. The van der Waals surface area contributed by atoms with Crippen molar-refractivity contribution in [3.8, 4) is 22.8 Å². The molecule has 0 aliphatic heterocycles. The maximum atomic E-state index is 12.7. The molecule has 0 saturated carbocycles. The van der Waals surface area contributed by atoms with Crippen molar-refractivity contribution in [3.63, 3.8) is 0 Å². The summed E-state index contributed by atoms with van der Waals surface area (Å²) in [5.41, 5.74) is 6.76. The lowest BCUT2D eigenvalue weighted by Gasteiger charge is -2.14. The number of aromatic nitrogens is 1. The van der Waals surface area contributed by atoms with E-state index in [0.717, 1.165) is 22.1 Å². The van der Waals surface area contributed by atoms with Crippen LogP contribution >= 0.6 is 50.5 Å². The largest absolute Gasteiger partial charge is 0.490 e. The van der Waals surface area contributed by atoms with Gasteiger partial charge in [0.1, 0.15) is 0 Å². The highest BCUT2D eigenvalue weighted by Gasteiger charge is 2.15. The van der Waals surface area contributed by atoms with Crippen LogP contribution in [0.25, 0.3) is 11.3 Å². The van der Waals surface area contributed by atoms with Gasteiger partial charge in [-0.3, -0.25) is 9.59 Å². The van der Waals surface area contributed by atoms with E-state index in [-0.39, 0.29) is 12.5 Å². The molecule has 4 aromatic carbocycles. The lowest BCUT2D eigenvalue weighted by Crippen LogP contribution is -2.20. The molecular formula is C33H26BrCl2N5O4S. The van der Waals surface area contributed by atoms with E-state index < -0.39 is 5.91 Å². The van der Waals surface area contributed by atoms with E-state index in [1.54, 1.807) is 42.5 Å². The fourth-order valence-electron chi connectivity index (χ4n) is 4.11. The van der Waals surface area contributed by atoms with Crippen LogP contribution in [0.15, 0.2) is 99.9 Å². The van der Waals surface area contributed by atoms with Gasteiger partial charge in [-0.2, -0.15) is 5.10 Å². The van der Waals surface area contributed by atoms with Gasteiger partial charge in [0, 0.05) is 27.9 Å². The maximum Gasteiger partial charge on any atom is 0.271 e. The summed E-state index contributed by atoms with van der Waals surface area (Å²) < 4.78 is 12.0. The van der Waals surface area contributed by atoms with Gasteiger partial charge in [0.25, 0.3) is 11.8 Å². The number of amides is 2. The Bertz CT molecular complexity index is 1870. The van der Waals surface area contributed by atoms with Crippen LogP contribution in [-0.4, -0.2) is 36.2 Å². The summed E-state index contributed by atoms with van der Waals surface area (Å²) >= 11 is 16.9. The number of ether oxygens (including phenoxy) is 2. The highest BCUT2D eigenvalue weighted by atomic mass is 79.9. The first-order chi connectivity index (χ1) is 22.3. The molecule has 0 atom stereocenters. The molecule has 0 unspecified atom stereocenters. The lowest BCUT2D eigenvalue weighted by atomic mass is 10.1. The van der Waals surface area contributed by atoms with Crippen molar-refractivity contribution in [3.05, 3.63) is 116 Å². The number of carbonyl (C=O) groups excluding carboxylic acids is 2. The Kier molecular flexibility index (Phi) is 11.3. The summed E-state index contributed by atoms with van der Waals surface area (Å²) in [4.78, 5) is 29.9. The minimum absolute atomic E-state index is 0.282. The van der Waals surface area contributed by atoms with Crippen molar-refractivity contribution in [1.82, 2.24) is 10.4 Å². The van der Waals surface area contributed by atoms with Gasteiger partial charge in [0.2, 0.25) is 0 Å². The van der Waals surface area contributed by atoms with E-state index in [4.69, 9.17) is 32.7 Å². The van der Waals surface area contributed by atoms with E-state index in [1.165, 1.54) is 17.6 Å². The molecular weight excluding hydrogens is 713 g/mol. The van der Waals surface area contributed by atoms with Crippen LogP contribution in [-0.2, 0) is 4.79 Å². The number of hydrazone groups is 1. The van der Waals surface area contributed by atoms with Gasteiger partial charge in [-0.25, -0.2) is 10.4 Å². The summed E-state index contributed by atoms with van der Waals surface area (Å²) in [5, 5.41) is 13.5. The molecule has 0 fully saturated rings. The SMILES string of the molecule is CCOc1cc(/C=N/NC(=O)c2ccc(-c3csc(Nc4ccccc4)n3)cc2)cc(Br)c1OCC(=O)Nc1ccc(Cl)c(Cl)c1. The molecule has 0 aliphatic rings. The normalized spacial score (nSPS) is 10.9. The summed E-state index contributed by atoms with van der Waals surface area (Å²) in [6.07, 6.45) is 1.48. The van der Waals surface area contributed by atoms with Crippen LogP contribution in [0.4, 0.5) is 16.5 Å². The second-order valence-corrected chi connectivity index (χ2v) is 12.1. The summed E-state index contributed by atoms with van der Waals surface area (Å²) in [5.74, 6) is -0.0303. The molecule has 0 saturated heterocycles. The third kappa shape index (κ3) is 8.85. The zero-order valence-corrected chi connectivity index (χ0v) is 28.1. The van der Waals surface area contributed by atoms with Crippen molar-refractivity contribution >= 4 is 85.0 Å². The summed E-state index contributed by atoms with van der Waals surface area (Å²) in [6.45, 7) is 1.91. The smallest absolute Gasteiger partial charge is 0.271 e. The zero-order valence-electron chi connectivity index (χ0n) is 24.2. The number of carbonyl (C=O) groups is 2. The predicted molar refractivity (Wildman–Crippen MR) is 188 cm³/mol. The Morgan fingerprint density at radius 1 is 0.957 bits per heavy atom. The highest BCUT2D eigenvalue weighted by Crippen LogP contribution is 2.37. The van der Waals surface area contributed by atoms with Gasteiger partial charge < -0.3 is 20.1 Å². The predicted octanol–water partition coefficient (Wildman–Crippen LogP) is 8.80. The van der Waals surface area contributed by atoms with Crippen LogP contribution in [0.2, 0.25) is 10.0 Å². The average Bonchev–Trinajstić information content (AvgIpc) is 3.51. The van der Waals surface area contributed by atoms with Crippen molar-refractivity contribution < 1.29 is 19.1 Å². The molecule has 46 heavy (non-hydrogen) atoms. The maximum absolute atomic E-state index is 12.7. The van der Waals surface area contributed by atoms with Gasteiger partial charge in [-0.1, -0.05) is 53.5 Å². The van der Waals surface area contributed by atoms with Gasteiger partial charge in [-0.05, 0) is 83.0 Å². The Morgan fingerprint density at radius 3 is 2.48 bits per heavy atom. The first-order valence-electron chi connectivity index (χ1n) is 13.8. The van der Waals surface area contributed by atoms with Crippen LogP contribution in [0.3, 0.4) is 0 Å². The van der Waals surface area contributed by atoms with Crippen molar-refractivity contribution in [2.75, 3.05) is 23.8 Å². The van der Waals surface area contributed by atoms with E-state index in [9.17, 15) is 9.59 Å². The number of anilines is 3. The first kappa shape index (κ1) is 33.0. The number of rotatable bonds is 12. The number of benzene rings is 4. The van der Waals surface area contributed by atoms with Crippen molar-refractivity contribution in [1.29, 1.82) is 0 Å². The molecule has 1 heterocycles. The first-order valence-corrected chi connectivity index (χ1v) is 16.3. The Morgan fingerprint density at radius 2 is 1.74 bits per heavy atom. The number of para-hydroxylation sites is 1.